The second-order valence-corrected chi connectivity index (χ2v) is 7.87. The van der Waals surface area contributed by atoms with E-state index in [4.69, 9.17) is 4.74 Å². The molecule has 1 aromatic carbocycles. The first kappa shape index (κ1) is 22.6. The number of ether oxygens (including phenoxy) is 1. The third-order valence-corrected chi connectivity index (χ3v) is 5.23. The van der Waals surface area contributed by atoms with Crippen LogP contribution in [0.1, 0.15) is 34.2 Å². The van der Waals surface area contributed by atoms with E-state index in [0.717, 1.165) is 5.69 Å². The fourth-order valence-corrected chi connectivity index (χ4v) is 3.53. The fraction of sp³-hybridized carbons (Fsp3) is 0.455. The minimum atomic E-state index is -0.462. The maximum atomic E-state index is 13.5. The SMILES string of the molecule is COCCN1C[C@H](c2cc(N(C)C)nc(CN(C)C(=O)c3cccc(F)c3)n2)CC1=O. The van der Waals surface area contributed by atoms with Crippen molar-refractivity contribution < 1.29 is 18.7 Å². The Hall–Kier alpha value is -3.07. The van der Waals surface area contributed by atoms with Crippen molar-refractivity contribution in [3.63, 3.8) is 0 Å². The molecule has 1 aliphatic heterocycles. The lowest BCUT2D eigenvalue weighted by molar-refractivity contribution is -0.128. The number of carbonyl (C=O) groups is 2. The molecule has 1 saturated heterocycles. The molecule has 0 bridgehead atoms. The highest BCUT2D eigenvalue weighted by Gasteiger charge is 2.32. The average molecular weight is 429 g/mol. The number of amides is 2. The Labute approximate surface area is 181 Å². The summed E-state index contributed by atoms with van der Waals surface area (Å²) in [5.74, 6) is 0.421. The van der Waals surface area contributed by atoms with Gasteiger partial charge in [0.25, 0.3) is 5.91 Å². The van der Waals surface area contributed by atoms with Crippen molar-refractivity contribution in [2.45, 2.75) is 18.9 Å². The Morgan fingerprint density at radius 2 is 2.03 bits per heavy atom. The minimum absolute atomic E-state index is 0.0472. The number of carbonyl (C=O) groups excluding carboxylic acids is 2. The van der Waals surface area contributed by atoms with Gasteiger partial charge in [0.15, 0.2) is 0 Å². The first-order valence-electron chi connectivity index (χ1n) is 10.1. The van der Waals surface area contributed by atoms with Crippen LogP contribution < -0.4 is 4.90 Å². The van der Waals surface area contributed by atoms with Gasteiger partial charge >= 0.3 is 0 Å². The Balaban J connectivity index is 1.80. The number of aromatic nitrogens is 2. The highest BCUT2D eigenvalue weighted by atomic mass is 19.1. The summed E-state index contributed by atoms with van der Waals surface area (Å²) < 4.78 is 18.6. The summed E-state index contributed by atoms with van der Waals surface area (Å²) in [5, 5.41) is 0. The van der Waals surface area contributed by atoms with E-state index in [1.165, 1.54) is 23.1 Å². The zero-order chi connectivity index (χ0) is 22.5. The summed E-state index contributed by atoms with van der Waals surface area (Å²) in [6.45, 7) is 1.78. The number of hydrogen-bond acceptors (Lipinski definition) is 6. The van der Waals surface area contributed by atoms with Crippen molar-refractivity contribution in [2.24, 2.45) is 0 Å². The monoisotopic (exact) mass is 429 g/mol. The van der Waals surface area contributed by atoms with Crippen molar-refractivity contribution in [1.82, 2.24) is 19.8 Å². The summed E-state index contributed by atoms with van der Waals surface area (Å²) >= 11 is 0. The van der Waals surface area contributed by atoms with Gasteiger partial charge in [-0.2, -0.15) is 0 Å². The highest BCUT2D eigenvalue weighted by molar-refractivity contribution is 5.93. The Morgan fingerprint density at radius 3 is 2.71 bits per heavy atom. The number of likely N-dealkylation sites (tertiary alicyclic amines) is 1. The van der Waals surface area contributed by atoms with E-state index in [9.17, 15) is 14.0 Å². The Kier molecular flexibility index (Phi) is 7.17. The third-order valence-electron chi connectivity index (χ3n) is 5.23. The van der Waals surface area contributed by atoms with Crippen LogP contribution in [0, 0.1) is 5.82 Å². The molecule has 9 heteroatoms. The van der Waals surface area contributed by atoms with E-state index in [2.05, 4.69) is 9.97 Å². The lowest BCUT2D eigenvalue weighted by Crippen LogP contribution is -2.29. The predicted octanol–water partition coefficient (Wildman–Crippen LogP) is 1.92. The van der Waals surface area contributed by atoms with Gasteiger partial charge in [0.05, 0.1) is 18.8 Å². The van der Waals surface area contributed by atoms with Crippen molar-refractivity contribution in [2.75, 3.05) is 52.8 Å². The molecule has 2 heterocycles. The average Bonchev–Trinajstić information content (AvgIpc) is 3.12. The van der Waals surface area contributed by atoms with Crippen LogP contribution >= 0.6 is 0 Å². The zero-order valence-electron chi connectivity index (χ0n) is 18.3. The van der Waals surface area contributed by atoms with Gasteiger partial charge in [0.2, 0.25) is 5.91 Å². The number of methoxy groups -OCH3 is 1. The number of anilines is 1. The summed E-state index contributed by atoms with van der Waals surface area (Å²) in [6.07, 6.45) is 0.380. The molecule has 2 aromatic rings. The van der Waals surface area contributed by atoms with Gasteiger partial charge in [-0.15, -0.1) is 0 Å². The molecule has 31 heavy (non-hydrogen) atoms. The van der Waals surface area contributed by atoms with Crippen molar-refractivity contribution in [3.05, 3.63) is 53.2 Å². The maximum Gasteiger partial charge on any atom is 0.254 e. The summed E-state index contributed by atoms with van der Waals surface area (Å²) in [7, 11) is 6.99. The molecule has 0 spiro atoms. The summed E-state index contributed by atoms with van der Waals surface area (Å²) in [5.41, 5.74) is 1.04. The number of hydrogen-bond donors (Lipinski definition) is 0. The van der Waals surface area contributed by atoms with Crippen molar-refractivity contribution in [3.8, 4) is 0 Å². The molecule has 8 nitrogen and oxygen atoms in total. The van der Waals surface area contributed by atoms with Crippen LogP contribution in [0.3, 0.4) is 0 Å². The van der Waals surface area contributed by atoms with Crippen molar-refractivity contribution in [1.29, 1.82) is 0 Å². The standard InChI is InChI=1S/C22H28FN5O3/c1-26(2)20-12-18(16-11-21(29)28(13-16)8-9-31-4)24-19(25-20)14-27(3)22(30)15-6-5-7-17(23)10-15/h5-7,10,12,16H,8-9,11,13-14H2,1-4H3/t16-/m1/s1. The molecule has 0 unspecified atom stereocenters. The lowest BCUT2D eigenvalue weighted by atomic mass is 10.0. The van der Waals surface area contributed by atoms with E-state index < -0.39 is 5.82 Å². The largest absolute Gasteiger partial charge is 0.383 e. The molecule has 1 aliphatic rings. The number of nitrogens with zero attached hydrogens (tertiary/aromatic N) is 5. The van der Waals surface area contributed by atoms with Gasteiger partial charge in [0, 0.05) is 65.3 Å². The topological polar surface area (TPSA) is 78.9 Å². The van der Waals surface area contributed by atoms with E-state index in [-0.39, 0.29) is 29.8 Å². The number of rotatable bonds is 8. The second-order valence-electron chi connectivity index (χ2n) is 7.87. The number of halogens is 1. The smallest absolute Gasteiger partial charge is 0.254 e. The summed E-state index contributed by atoms with van der Waals surface area (Å²) in [4.78, 5) is 39.4. The Morgan fingerprint density at radius 1 is 1.26 bits per heavy atom. The van der Waals surface area contributed by atoms with Crippen LogP contribution in [0.2, 0.25) is 0 Å². The van der Waals surface area contributed by atoms with Gasteiger partial charge in [-0.25, -0.2) is 14.4 Å². The van der Waals surface area contributed by atoms with Crippen LogP contribution in [-0.4, -0.2) is 79.5 Å². The van der Waals surface area contributed by atoms with E-state index in [1.54, 1.807) is 25.1 Å². The maximum absolute atomic E-state index is 13.5. The van der Waals surface area contributed by atoms with Crippen molar-refractivity contribution >= 4 is 17.6 Å². The van der Waals surface area contributed by atoms with E-state index in [0.29, 0.717) is 37.8 Å². The van der Waals surface area contributed by atoms with Crippen LogP contribution in [0.15, 0.2) is 30.3 Å². The van der Waals surface area contributed by atoms with Crippen LogP contribution in [-0.2, 0) is 16.1 Å². The molecule has 0 saturated carbocycles. The van der Waals surface area contributed by atoms with Gasteiger partial charge in [0.1, 0.15) is 17.5 Å². The molecule has 0 N–H and O–H groups in total. The van der Waals surface area contributed by atoms with Crippen LogP contribution in [0.4, 0.5) is 10.2 Å². The number of benzene rings is 1. The zero-order valence-corrected chi connectivity index (χ0v) is 18.3. The quantitative estimate of drug-likeness (QED) is 0.638. The second kappa shape index (κ2) is 9.82. The molecule has 1 aromatic heterocycles. The van der Waals surface area contributed by atoms with E-state index in [1.807, 2.05) is 25.1 Å². The van der Waals surface area contributed by atoms with Gasteiger partial charge < -0.3 is 19.4 Å². The lowest BCUT2D eigenvalue weighted by Gasteiger charge is -2.20. The normalized spacial score (nSPS) is 16.0. The minimum Gasteiger partial charge on any atom is -0.383 e. The van der Waals surface area contributed by atoms with Gasteiger partial charge in [-0.1, -0.05) is 6.07 Å². The first-order valence-corrected chi connectivity index (χ1v) is 10.1. The van der Waals surface area contributed by atoms with Gasteiger partial charge in [-0.3, -0.25) is 9.59 Å². The fourth-order valence-electron chi connectivity index (χ4n) is 3.53. The molecular weight excluding hydrogens is 401 g/mol. The molecule has 0 radical (unpaired) electrons. The first-order chi connectivity index (χ1) is 14.8. The Bertz CT molecular complexity index is 952. The van der Waals surface area contributed by atoms with Gasteiger partial charge in [-0.05, 0) is 18.2 Å². The molecule has 1 atom stereocenters. The van der Waals surface area contributed by atoms with Crippen LogP contribution in [0.25, 0.3) is 0 Å². The molecule has 1 fully saturated rings. The molecule has 166 valence electrons. The molecule has 3 rings (SSSR count). The highest BCUT2D eigenvalue weighted by Crippen LogP contribution is 2.28. The van der Waals surface area contributed by atoms with E-state index >= 15 is 0 Å². The molecule has 2 amide bonds. The third kappa shape index (κ3) is 5.55. The molecular formula is C22H28FN5O3. The van der Waals surface area contributed by atoms with Crippen LogP contribution in [0.5, 0.6) is 0 Å². The molecule has 0 aliphatic carbocycles. The predicted molar refractivity (Wildman–Crippen MR) is 114 cm³/mol. The summed E-state index contributed by atoms with van der Waals surface area (Å²) in [6, 6.07) is 7.47.